The van der Waals surface area contributed by atoms with Crippen LogP contribution in [0.15, 0.2) is 10.5 Å². The minimum atomic E-state index is -0.816. The van der Waals surface area contributed by atoms with Gasteiger partial charge in [0.2, 0.25) is 0 Å². The van der Waals surface area contributed by atoms with E-state index in [0.29, 0.717) is 16.3 Å². The standard InChI is InChI=1S/C19H24BrNO3/c1-10(2)12-5-6-19(4,8-15(22)23)16(12)13-7-11(3)17(20)18(24)14(13)9-21/h7,10,12,16,24H,5-6,8H2,1-4H3,(H,22,23). The maximum atomic E-state index is 11.4. The van der Waals surface area contributed by atoms with Gasteiger partial charge in [-0.05, 0) is 70.0 Å². The van der Waals surface area contributed by atoms with Gasteiger partial charge in [-0.2, -0.15) is 5.26 Å². The normalized spacial score (nSPS) is 26.5. The number of rotatable bonds is 4. The molecule has 1 aromatic rings. The fourth-order valence-electron chi connectivity index (χ4n) is 4.37. The lowest BCUT2D eigenvalue weighted by Crippen LogP contribution is -2.29. The summed E-state index contributed by atoms with van der Waals surface area (Å²) in [6, 6.07) is 4.07. The molecular formula is C19H24BrNO3. The molecule has 2 N–H and O–H groups in total. The quantitative estimate of drug-likeness (QED) is 0.756. The number of hydrogen-bond acceptors (Lipinski definition) is 3. The summed E-state index contributed by atoms with van der Waals surface area (Å²) in [7, 11) is 0. The number of aliphatic carboxylic acids is 1. The third-order valence-electron chi connectivity index (χ3n) is 5.54. The van der Waals surface area contributed by atoms with Gasteiger partial charge >= 0.3 is 5.97 Å². The van der Waals surface area contributed by atoms with Crippen molar-refractivity contribution in [2.45, 2.75) is 52.9 Å². The van der Waals surface area contributed by atoms with Crippen LogP contribution in [0.25, 0.3) is 0 Å². The fraction of sp³-hybridized carbons (Fsp3) is 0.579. The van der Waals surface area contributed by atoms with Crippen molar-refractivity contribution in [2.24, 2.45) is 17.3 Å². The van der Waals surface area contributed by atoms with Crippen molar-refractivity contribution in [3.8, 4) is 11.8 Å². The first kappa shape index (κ1) is 18.8. The second-order valence-corrected chi connectivity index (χ2v) is 8.37. The minimum absolute atomic E-state index is 0.0421. The van der Waals surface area contributed by atoms with E-state index in [2.05, 4.69) is 35.8 Å². The Morgan fingerprint density at radius 3 is 2.67 bits per heavy atom. The second-order valence-electron chi connectivity index (χ2n) is 7.58. The second kappa shape index (κ2) is 6.76. The molecule has 24 heavy (non-hydrogen) atoms. The Hall–Kier alpha value is -1.54. The lowest BCUT2D eigenvalue weighted by Gasteiger charge is -2.36. The Bertz CT molecular complexity index is 708. The molecule has 1 aromatic carbocycles. The Morgan fingerprint density at radius 1 is 1.54 bits per heavy atom. The third kappa shape index (κ3) is 3.17. The highest BCUT2D eigenvalue weighted by Gasteiger charge is 2.49. The summed E-state index contributed by atoms with van der Waals surface area (Å²) >= 11 is 3.33. The molecule has 0 aliphatic heterocycles. The number of hydrogen-bond donors (Lipinski definition) is 2. The van der Waals surface area contributed by atoms with E-state index in [0.717, 1.165) is 24.0 Å². The van der Waals surface area contributed by atoms with E-state index in [-0.39, 0.29) is 23.7 Å². The van der Waals surface area contributed by atoms with E-state index >= 15 is 0 Å². The molecule has 0 bridgehead atoms. The molecule has 0 saturated heterocycles. The highest BCUT2D eigenvalue weighted by atomic mass is 79.9. The Kier molecular flexibility index (Phi) is 5.29. The molecule has 3 unspecified atom stereocenters. The van der Waals surface area contributed by atoms with Crippen LogP contribution in [0, 0.1) is 35.5 Å². The zero-order valence-electron chi connectivity index (χ0n) is 14.6. The lowest BCUT2D eigenvalue weighted by molar-refractivity contribution is -0.139. The number of nitriles is 1. The van der Waals surface area contributed by atoms with Gasteiger partial charge in [0.25, 0.3) is 0 Å². The average Bonchev–Trinajstić information content (AvgIpc) is 2.80. The summed E-state index contributed by atoms with van der Waals surface area (Å²) in [5.74, 6) is -0.242. The van der Waals surface area contributed by atoms with Gasteiger partial charge in [-0.15, -0.1) is 0 Å². The molecule has 1 saturated carbocycles. The van der Waals surface area contributed by atoms with Crippen molar-refractivity contribution in [1.29, 1.82) is 5.26 Å². The van der Waals surface area contributed by atoms with E-state index in [1.54, 1.807) is 0 Å². The van der Waals surface area contributed by atoms with Gasteiger partial charge in [-0.25, -0.2) is 0 Å². The molecule has 1 fully saturated rings. The molecule has 0 amide bonds. The largest absolute Gasteiger partial charge is 0.505 e. The molecule has 2 rings (SSSR count). The lowest BCUT2D eigenvalue weighted by atomic mass is 9.68. The molecule has 4 nitrogen and oxygen atoms in total. The van der Waals surface area contributed by atoms with Crippen molar-refractivity contribution < 1.29 is 15.0 Å². The van der Waals surface area contributed by atoms with Crippen LogP contribution < -0.4 is 0 Å². The van der Waals surface area contributed by atoms with Crippen LogP contribution in [0.2, 0.25) is 0 Å². The number of benzene rings is 1. The van der Waals surface area contributed by atoms with Crippen LogP contribution >= 0.6 is 15.9 Å². The smallest absolute Gasteiger partial charge is 0.303 e. The van der Waals surface area contributed by atoms with Crippen molar-refractivity contribution in [2.75, 3.05) is 0 Å². The van der Waals surface area contributed by atoms with Crippen LogP contribution in [0.3, 0.4) is 0 Å². The van der Waals surface area contributed by atoms with E-state index in [1.165, 1.54) is 0 Å². The van der Waals surface area contributed by atoms with Crippen molar-refractivity contribution in [3.63, 3.8) is 0 Å². The van der Waals surface area contributed by atoms with Gasteiger partial charge in [0.1, 0.15) is 11.8 Å². The van der Waals surface area contributed by atoms with Crippen molar-refractivity contribution in [3.05, 3.63) is 27.2 Å². The molecule has 130 valence electrons. The molecule has 3 atom stereocenters. The first-order chi connectivity index (χ1) is 11.1. The number of nitrogens with zero attached hydrogens (tertiary/aromatic N) is 1. The van der Waals surface area contributed by atoms with Crippen molar-refractivity contribution >= 4 is 21.9 Å². The van der Waals surface area contributed by atoms with Gasteiger partial charge in [0.05, 0.1) is 16.5 Å². The maximum absolute atomic E-state index is 11.4. The van der Waals surface area contributed by atoms with Crippen LogP contribution in [0.4, 0.5) is 0 Å². The summed E-state index contributed by atoms with van der Waals surface area (Å²) in [5, 5.41) is 29.4. The molecular weight excluding hydrogens is 370 g/mol. The number of carbonyl (C=O) groups is 1. The van der Waals surface area contributed by atoms with Gasteiger partial charge in [0, 0.05) is 0 Å². The molecule has 0 radical (unpaired) electrons. The maximum Gasteiger partial charge on any atom is 0.303 e. The number of carboxylic acids is 1. The molecule has 1 aliphatic rings. The zero-order valence-corrected chi connectivity index (χ0v) is 16.1. The summed E-state index contributed by atoms with van der Waals surface area (Å²) in [5.41, 5.74) is 1.49. The van der Waals surface area contributed by atoms with E-state index in [1.807, 2.05) is 19.9 Å². The van der Waals surface area contributed by atoms with Crippen LogP contribution in [-0.2, 0) is 4.79 Å². The number of phenols is 1. The van der Waals surface area contributed by atoms with E-state index in [9.17, 15) is 20.3 Å². The highest BCUT2D eigenvalue weighted by molar-refractivity contribution is 9.10. The Morgan fingerprint density at radius 2 is 2.17 bits per heavy atom. The predicted octanol–water partition coefficient (Wildman–Crippen LogP) is 4.97. The third-order valence-corrected chi connectivity index (χ3v) is 6.54. The number of aromatic hydroxyl groups is 1. The van der Waals surface area contributed by atoms with E-state index in [4.69, 9.17) is 0 Å². The molecule has 5 heteroatoms. The summed E-state index contributed by atoms with van der Waals surface area (Å²) < 4.78 is 0.529. The summed E-state index contributed by atoms with van der Waals surface area (Å²) in [6.07, 6.45) is 1.82. The monoisotopic (exact) mass is 393 g/mol. The summed E-state index contributed by atoms with van der Waals surface area (Å²) in [6.45, 7) is 8.16. The first-order valence-electron chi connectivity index (χ1n) is 8.26. The van der Waals surface area contributed by atoms with Crippen LogP contribution in [0.5, 0.6) is 5.75 Å². The van der Waals surface area contributed by atoms with Crippen LogP contribution in [-0.4, -0.2) is 16.2 Å². The highest BCUT2D eigenvalue weighted by Crippen LogP contribution is 2.58. The first-order valence-corrected chi connectivity index (χ1v) is 9.05. The number of aryl methyl sites for hydroxylation is 1. The van der Waals surface area contributed by atoms with Gasteiger partial charge in [-0.3, -0.25) is 4.79 Å². The topological polar surface area (TPSA) is 81.3 Å². The number of carboxylic acid groups (broad SMARTS) is 1. The molecule has 0 spiro atoms. The van der Waals surface area contributed by atoms with Crippen LogP contribution in [0.1, 0.15) is 62.6 Å². The van der Waals surface area contributed by atoms with E-state index < -0.39 is 11.4 Å². The zero-order chi connectivity index (χ0) is 18.2. The Balaban J connectivity index is 2.69. The fourth-order valence-corrected chi connectivity index (χ4v) is 4.68. The predicted molar refractivity (Wildman–Crippen MR) is 95.9 cm³/mol. The molecule has 1 aliphatic carbocycles. The Labute approximate surface area is 151 Å². The minimum Gasteiger partial charge on any atom is -0.505 e. The number of phenolic OH excluding ortho intramolecular Hbond substituents is 1. The molecule has 0 heterocycles. The van der Waals surface area contributed by atoms with Gasteiger partial charge < -0.3 is 10.2 Å². The number of halogens is 1. The summed E-state index contributed by atoms with van der Waals surface area (Å²) in [4.78, 5) is 11.4. The van der Waals surface area contributed by atoms with Gasteiger partial charge in [-0.1, -0.05) is 26.8 Å². The van der Waals surface area contributed by atoms with Gasteiger partial charge in [0.15, 0.2) is 0 Å². The van der Waals surface area contributed by atoms with Crippen molar-refractivity contribution in [1.82, 2.24) is 0 Å². The SMILES string of the molecule is Cc1cc(C2C(C(C)C)CCC2(C)CC(=O)O)c(C#N)c(O)c1Br. The average molecular weight is 394 g/mol. The molecule has 0 aromatic heterocycles.